The van der Waals surface area contributed by atoms with Crippen molar-refractivity contribution < 1.29 is 22.7 Å². The lowest BCUT2D eigenvalue weighted by molar-refractivity contribution is -0.0440. The van der Waals surface area contributed by atoms with E-state index in [1.807, 2.05) is 38.1 Å². The first-order valence-electron chi connectivity index (χ1n) is 9.30. The highest BCUT2D eigenvalue weighted by atomic mass is 32.2. The summed E-state index contributed by atoms with van der Waals surface area (Å²) in [6.07, 6.45) is -0.293. The number of hydrogen-bond acceptors (Lipinski definition) is 7. The van der Waals surface area contributed by atoms with E-state index in [4.69, 9.17) is 9.47 Å². The van der Waals surface area contributed by atoms with Crippen LogP contribution in [0.5, 0.6) is 5.75 Å². The van der Waals surface area contributed by atoms with Gasteiger partial charge in [0.05, 0.1) is 30.6 Å². The number of rotatable bonds is 7. The Balaban J connectivity index is 1.58. The van der Waals surface area contributed by atoms with Gasteiger partial charge in [-0.15, -0.1) is 11.3 Å². The summed E-state index contributed by atoms with van der Waals surface area (Å²) < 4.78 is 37.4. The molecule has 8 nitrogen and oxygen atoms in total. The molecular formula is C19H25N3O5S2. The van der Waals surface area contributed by atoms with Gasteiger partial charge in [0.25, 0.3) is 5.91 Å². The van der Waals surface area contributed by atoms with Crippen LogP contribution in [0.4, 0.5) is 0 Å². The molecule has 2 unspecified atom stereocenters. The molecule has 1 N–H and O–H groups in total. The number of carbonyl (C=O) groups is 1. The maximum atomic E-state index is 12.5. The van der Waals surface area contributed by atoms with Crippen LogP contribution in [-0.2, 0) is 14.8 Å². The van der Waals surface area contributed by atoms with E-state index in [1.165, 1.54) is 15.6 Å². The molecule has 0 aliphatic carbocycles. The number of para-hydroxylation sites is 1. The van der Waals surface area contributed by atoms with Gasteiger partial charge in [0.1, 0.15) is 16.5 Å². The van der Waals surface area contributed by atoms with E-state index < -0.39 is 15.9 Å². The second-order valence-electron chi connectivity index (χ2n) is 6.88. The van der Waals surface area contributed by atoms with Crippen LogP contribution in [0, 0.1) is 0 Å². The fourth-order valence-electron chi connectivity index (χ4n) is 3.19. The Hall–Kier alpha value is -2.01. The normalized spacial score (nSPS) is 20.4. The Morgan fingerprint density at radius 2 is 2.00 bits per heavy atom. The van der Waals surface area contributed by atoms with Crippen molar-refractivity contribution in [3.8, 4) is 16.3 Å². The van der Waals surface area contributed by atoms with Crippen LogP contribution in [0.1, 0.15) is 24.3 Å². The molecule has 1 aliphatic rings. The van der Waals surface area contributed by atoms with E-state index in [1.54, 1.807) is 12.5 Å². The minimum atomic E-state index is -3.47. The van der Waals surface area contributed by atoms with E-state index >= 15 is 0 Å². The zero-order valence-corrected chi connectivity index (χ0v) is 18.3. The number of nitrogens with zero attached hydrogens (tertiary/aromatic N) is 2. The molecule has 1 aromatic carbocycles. The molecule has 0 radical (unpaired) electrons. The number of carbonyl (C=O) groups excluding carboxylic acids is 1. The highest BCUT2D eigenvalue weighted by Crippen LogP contribution is 2.31. The second-order valence-corrected chi connectivity index (χ2v) is 9.83. The van der Waals surface area contributed by atoms with Gasteiger partial charge in [-0.25, -0.2) is 13.4 Å². The Kier molecular flexibility index (Phi) is 6.89. The molecule has 0 bridgehead atoms. The van der Waals surface area contributed by atoms with Gasteiger partial charge in [-0.3, -0.25) is 4.79 Å². The summed E-state index contributed by atoms with van der Waals surface area (Å²) in [5, 5.41) is 4.96. The van der Waals surface area contributed by atoms with Crippen molar-refractivity contribution >= 4 is 27.3 Å². The average molecular weight is 440 g/mol. The number of thiazole rings is 1. The fourth-order valence-corrected chi connectivity index (χ4v) is 5.52. The number of nitrogens with one attached hydrogen (secondary N) is 1. The van der Waals surface area contributed by atoms with Gasteiger partial charge in [0.2, 0.25) is 10.0 Å². The van der Waals surface area contributed by atoms with Gasteiger partial charge in [-0.05, 0) is 26.0 Å². The number of aromatic nitrogens is 1. The maximum Gasteiger partial charge on any atom is 0.270 e. The summed E-state index contributed by atoms with van der Waals surface area (Å²) >= 11 is 1.33. The van der Waals surface area contributed by atoms with Gasteiger partial charge in [-0.1, -0.05) is 12.1 Å². The van der Waals surface area contributed by atoms with Crippen LogP contribution in [0.3, 0.4) is 0 Å². The SMILES string of the molecule is COc1ccccc1-c1nc(C(=O)NCCS(=O)(=O)N2CC(C)OC(C)C2)cs1. The monoisotopic (exact) mass is 439 g/mol. The van der Waals surface area contributed by atoms with Crippen molar-refractivity contribution in [3.63, 3.8) is 0 Å². The highest BCUT2D eigenvalue weighted by molar-refractivity contribution is 7.89. The van der Waals surface area contributed by atoms with Gasteiger partial charge in [0.15, 0.2) is 0 Å². The van der Waals surface area contributed by atoms with Crippen LogP contribution in [-0.4, -0.2) is 68.3 Å². The minimum Gasteiger partial charge on any atom is -0.496 e. The van der Waals surface area contributed by atoms with Gasteiger partial charge >= 0.3 is 0 Å². The maximum absolute atomic E-state index is 12.5. The topological polar surface area (TPSA) is 97.8 Å². The van der Waals surface area contributed by atoms with Crippen LogP contribution in [0.15, 0.2) is 29.6 Å². The molecule has 29 heavy (non-hydrogen) atoms. The second kappa shape index (κ2) is 9.21. The first-order chi connectivity index (χ1) is 13.8. The molecule has 1 saturated heterocycles. The summed E-state index contributed by atoms with van der Waals surface area (Å²) in [6, 6.07) is 7.43. The molecule has 2 atom stereocenters. The first kappa shape index (κ1) is 21.7. The molecule has 1 fully saturated rings. The molecule has 158 valence electrons. The fraction of sp³-hybridized carbons (Fsp3) is 0.474. The molecule has 0 saturated carbocycles. The Labute approximate surface area is 174 Å². The molecule has 10 heteroatoms. The van der Waals surface area contributed by atoms with E-state index in [0.717, 1.165) is 5.56 Å². The third-order valence-corrected chi connectivity index (χ3v) is 7.18. The summed E-state index contributed by atoms with van der Waals surface area (Å²) in [6.45, 7) is 4.37. The zero-order valence-electron chi connectivity index (χ0n) is 16.6. The average Bonchev–Trinajstić information content (AvgIpc) is 3.17. The van der Waals surface area contributed by atoms with Crippen molar-refractivity contribution in [2.45, 2.75) is 26.1 Å². The smallest absolute Gasteiger partial charge is 0.270 e. The summed E-state index contributed by atoms with van der Waals surface area (Å²) in [4.78, 5) is 16.7. The van der Waals surface area contributed by atoms with Crippen LogP contribution < -0.4 is 10.1 Å². The van der Waals surface area contributed by atoms with Crippen LogP contribution in [0.2, 0.25) is 0 Å². The van der Waals surface area contributed by atoms with Crippen molar-refractivity contribution in [1.82, 2.24) is 14.6 Å². The predicted molar refractivity (Wildman–Crippen MR) is 112 cm³/mol. The Morgan fingerprint density at radius 3 is 2.69 bits per heavy atom. The lowest BCUT2D eigenvalue weighted by Gasteiger charge is -2.34. The number of sulfonamides is 1. The lowest BCUT2D eigenvalue weighted by Crippen LogP contribution is -2.49. The van der Waals surface area contributed by atoms with E-state index in [9.17, 15) is 13.2 Å². The van der Waals surface area contributed by atoms with Gasteiger partial charge in [-0.2, -0.15) is 4.31 Å². The van der Waals surface area contributed by atoms with Crippen LogP contribution in [0.25, 0.3) is 10.6 Å². The summed E-state index contributed by atoms with van der Waals surface area (Å²) in [5.74, 6) is 0.108. The summed E-state index contributed by atoms with van der Waals surface area (Å²) in [5.41, 5.74) is 1.05. The van der Waals surface area contributed by atoms with Crippen molar-refractivity contribution in [1.29, 1.82) is 0 Å². The minimum absolute atomic E-state index is 0.0167. The molecule has 0 spiro atoms. The van der Waals surface area contributed by atoms with Gasteiger partial charge < -0.3 is 14.8 Å². The molecule has 1 aromatic heterocycles. The molecule has 1 amide bonds. The quantitative estimate of drug-likeness (QED) is 0.709. The van der Waals surface area contributed by atoms with E-state index in [-0.39, 0.29) is 30.2 Å². The van der Waals surface area contributed by atoms with Crippen LogP contribution >= 0.6 is 11.3 Å². The highest BCUT2D eigenvalue weighted by Gasteiger charge is 2.30. The zero-order chi connectivity index (χ0) is 21.0. The molecule has 1 aliphatic heterocycles. The number of benzene rings is 1. The lowest BCUT2D eigenvalue weighted by atomic mass is 10.2. The number of ether oxygens (including phenoxy) is 2. The number of methoxy groups -OCH3 is 1. The standard InChI is InChI=1S/C19H25N3O5S2/c1-13-10-22(11-14(2)27-13)29(24,25)9-8-20-18(23)16-12-28-19(21-16)15-6-4-5-7-17(15)26-3/h4-7,12-14H,8-11H2,1-3H3,(H,20,23). The molecule has 2 heterocycles. The summed E-state index contributed by atoms with van der Waals surface area (Å²) in [7, 11) is -1.89. The predicted octanol–water partition coefficient (Wildman–Crippen LogP) is 1.99. The Bertz CT molecular complexity index is 950. The number of amides is 1. The van der Waals surface area contributed by atoms with Crippen molar-refractivity contribution in [2.75, 3.05) is 32.5 Å². The van der Waals surface area contributed by atoms with Crippen molar-refractivity contribution in [3.05, 3.63) is 35.3 Å². The number of morpholine rings is 1. The molecule has 3 rings (SSSR count). The van der Waals surface area contributed by atoms with Crippen molar-refractivity contribution in [2.24, 2.45) is 0 Å². The largest absolute Gasteiger partial charge is 0.496 e. The van der Waals surface area contributed by atoms with E-state index in [0.29, 0.717) is 23.8 Å². The Morgan fingerprint density at radius 1 is 1.31 bits per heavy atom. The third kappa shape index (κ3) is 5.33. The molecule has 2 aromatic rings. The number of hydrogen-bond donors (Lipinski definition) is 1. The molecular weight excluding hydrogens is 414 g/mol. The third-order valence-electron chi connectivity index (χ3n) is 4.50. The van der Waals surface area contributed by atoms with E-state index in [2.05, 4.69) is 10.3 Å². The van der Waals surface area contributed by atoms with Gasteiger partial charge in [0, 0.05) is 25.0 Å². The first-order valence-corrected chi connectivity index (χ1v) is 11.8.